The number of likely N-dealkylation sites (N-methyl/N-ethyl adjacent to an activating group) is 1. The fourth-order valence-corrected chi connectivity index (χ4v) is 1.21. The number of carbonyl (C=O) groups excluding carboxylic acids is 2. The second kappa shape index (κ2) is 6.17. The Morgan fingerprint density at radius 2 is 1.72 bits per heavy atom. The van der Waals surface area contributed by atoms with Gasteiger partial charge in [0, 0.05) is 6.54 Å². The summed E-state index contributed by atoms with van der Waals surface area (Å²) in [5.74, 6) is -1.17. The van der Waals surface area contributed by atoms with Crippen molar-refractivity contribution in [2.24, 2.45) is 5.41 Å². The number of rotatable bonds is 6. The molecular formula is C11H18F3NO3. The van der Waals surface area contributed by atoms with E-state index in [0.29, 0.717) is 0 Å². The van der Waals surface area contributed by atoms with Gasteiger partial charge >= 0.3 is 12.1 Å². The molecule has 0 aromatic rings. The van der Waals surface area contributed by atoms with Crippen LogP contribution in [0.5, 0.6) is 0 Å². The zero-order valence-electron chi connectivity index (χ0n) is 10.9. The Morgan fingerprint density at radius 3 is 2.11 bits per heavy atom. The molecule has 0 aliphatic heterocycles. The first kappa shape index (κ1) is 16.9. The van der Waals surface area contributed by atoms with Gasteiger partial charge in [-0.05, 0) is 20.9 Å². The molecule has 0 aliphatic rings. The Hall–Kier alpha value is -1.11. The molecule has 0 saturated carbocycles. The number of esters is 1. The molecule has 0 aliphatic carbocycles. The fraction of sp³-hybridized carbons (Fsp3) is 0.818. The minimum Gasteiger partial charge on any atom is -0.468 e. The SMILES string of the molecule is COC(=O)C(C)(C)C(=O)CN(C)CCC(F)(F)F. The monoisotopic (exact) mass is 269 g/mol. The predicted octanol–water partition coefficient (Wildman–Crippen LogP) is 1.64. The van der Waals surface area contributed by atoms with E-state index in [4.69, 9.17) is 0 Å². The van der Waals surface area contributed by atoms with Crippen LogP contribution in [0.3, 0.4) is 0 Å². The number of Topliss-reactive ketones (excluding diaryl/α,β-unsaturated/α-hetero) is 1. The zero-order chi connectivity index (χ0) is 14.6. The van der Waals surface area contributed by atoms with Gasteiger partial charge in [0.15, 0.2) is 5.78 Å². The van der Waals surface area contributed by atoms with Gasteiger partial charge in [-0.15, -0.1) is 0 Å². The molecule has 0 bridgehead atoms. The lowest BCUT2D eigenvalue weighted by Crippen LogP contribution is -2.41. The summed E-state index contributed by atoms with van der Waals surface area (Å²) in [5.41, 5.74) is -1.35. The van der Waals surface area contributed by atoms with Crippen molar-refractivity contribution in [2.75, 3.05) is 27.2 Å². The van der Waals surface area contributed by atoms with Gasteiger partial charge in [-0.3, -0.25) is 14.5 Å². The van der Waals surface area contributed by atoms with Crippen LogP contribution in [0.1, 0.15) is 20.3 Å². The van der Waals surface area contributed by atoms with Gasteiger partial charge in [-0.2, -0.15) is 13.2 Å². The molecule has 0 atom stereocenters. The third-order valence-corrected chi connectivity index (χ3v) is 2.58. The first-order valence-corrected chi connectivity index (χ1v) is 5.37. The van der Waals surface area contributed by atoms with Crippen LogP contribution in [0.4, 0.5) is 13.2 Å². The van der Waals surface area contributed by atoms with Gasteiger partial charge in [0.25, 0.3) is 0 Å². The number of alkyl halides is 3. The highest BCUT2D eigenvalue weighted by atomic mass is 19.4. The van der Waals surface area contributed by atoms with Crippen molar-refractivity contribution in [3.05, 3.63) is 0 Å². The first-order chi connectivity index (χ1) is 8.00. The summed E-state index contributed by atoms with van der Waals surface area (Å²) in [6.07, 6.45) is -5.25. The number of ether oxygens (including phenoxy) is 1. The van der Waals surface area contributed by atoms with E-state index in [1.165, 1.54) is 25.8 Å². The molecule has 0 unspecified atom stereocenters. The summed E-state index contributed by atoms with van der Waals surface area (Å²) in [6, 6.07) is 0. The lowest BCUT2D eigenvalue weighted by atomic mass is 9.88. The molecule has 4 nitrogen and oxygen atoms in total. The van der Waals surface area contributed by atoms with Crippen LogP contribution in [0.25, 0.3) is 0 Å². The van der Waals surface area contributed by atoms with E-state index in [-0.39, 0.29) is 13.1 Å². The second-order valence-electron chi connectivity index (χ2n) is 4.64. The average molecular weight is 269 g/mol. The van der Waals surface area contributed by atoms with Gasteiger partial charge in [-0.25, -0.2) is 0 Å². The molecule has 0 N–H and O–H groups in total. The summed E-state index contributed by atoms with van der Waals surface area (Å²) in [4.78, 5) is 24.3. The second-order valence-corrected chi connectivity index (χ2v) is 4.64. The van der Waals surface area contributed by atoms with Gasteiger partial charge < -0.3 is 4.74 Å². The van der Waals surface area contributed by atoms with Crippen LogP contribution in [-0.2, 0) is 14.3 Å². The predicted molar refractivity (Wildman–Crippen MR) is 59.0 cm³/mol. The lowest BCUT2D eigenvalue weighted by Gasteiger charge is -2.24. The van der Waals surface area contributed by atoms with Crippen molar-refractivity contribution in [1.82, 2.24) is 4.90 Å². The summed E-state index contributed by atoms with van der Waals surface area (Å²) in [6.45, 7) is 2.27. The molecule has 0 rings (SSSR count). The van der Waals surface area contributed by atoms with Crippen LogP contribution < -0.4 is 0 Å². The van der Waals surface area contributed by atoms with Crippen molar-refractivity contribution < 1.29 is 27.5 Å². The van der Waals surface area contributed by atoms with E-state index in [9.17, 15) is 22.8 Å². The Morgan fingerprint density at radius 1 is 1.22 bits per heavy atom. The number of methoxy groups -OCH3 is 1. The number of carbonyl (C=O) groups is 2. The van der Waals surface area contributed by atoms with Gasteiger partial charge in [0.05, 0.1) is 20.1 Å². The van der Waals surface area contributed by atoms with Crippen molar-refractivity contribution in [2.45, 2.75) is 26.4 Å². The molecule has 0 radical (unpaired) electrons. The summed E-state index contributed by atoms with van der Waals surface area (Å²) >= 11 is 0. The molecular weight excluding hydrogens is 251 g/mol. The highest BCUT2D eigenvalue weighted by Gasteiger charge is 2.37. The molecule has 0 fully saturated rings. The van der Waals surface area contributed by atoms with E-state index in [2.05, 4.69) is 4.74 Å². The smallest absolute Gasteiger partial charge is 0.390 e. The molecule has 0 heterocycles. The van der Waals surface area contributed by atoms with Crippen molar-refractivity contribution in [1.29, 1.82) is 0 Å². The molecule has 0 spiro atoms. The molecule has 7 heteroatoms. The van der Waals surface area contributed by atoms with E-state index in [0.717, 1.165) is 7.11 Å². The van der Waals surface area contributed by atoms with E-state index in [1.807, 2.05) is 0 Å². The maximum Gasteiger partial charge on any atom is 0.390 e. The minimum absolute atomic E-state index is 0.224. The lowest BCUT2D eigenvalue weighted by molar-refractivity contribution is -0.156. The zero-order valence-corrected chi connectivity index (χ0v) is 10.9. The molecule has 0 aromatic carbocycles. The standard InChI is InChI=1S/C11H18F3NO3/c1-10(2,9(17)18-4)8(16)7-15(3)6-5-11(12,13)14/h5-7H2,1-4H3. The van der Waals surface area contributed by atoms with Crippen LogP contribution in [0.2, 0.25) is 0 Å². The quantitative estimate of drug-likeness (QED) is 0.543. The molecule has 0 amide bonds. The number of ketones is 1. The minimum atomic E-state index is -4.25. The number of halogens is 3. The summed E-state index contributed by atoms with van der Waals surface area (Å²) in [7, 11) is 2.56. The highest BCUT2D eigenvalue weighted by Crippen LogP contribution is 2.21. The topological polar surface area (TPSA) is 46.6 Å². The van der Waals surface area contributed by atoms with E-state index >= 15 is 0 Å². The van der Waals surface area contributed by atoms with Crippen molar-refractivity contribution >= 4 is 11.8 Å². The third-order valence-electron chi connectivity index (χ3n) is 2.58. The van der Waals surface area contributed by atoms with Crippen molar-refractivity contribution in [3.63, 3.8) is 0 Å². The summed E-state index contributed by atoms with van der Waals surface area (Å²) in [5, 5.41) is 0. The van der Waals surface area contributed by atoms with Gasteiger partial charge in [-0.1, -0.05) is 0 Å². The first-order valence-electron chi connectivity index (χ1n) is 5.37. The Bertz CT molecular complexity index is 313. The van der Waals surface area contributed by atoms with Gasteiger partial charge in [0.1, 0.15) is 5.41 Å². The Labute approximate surface area is 104 Å². The Kier molecular flexibility index (Phi) is 5.79. The normalized spacial score (nSPS) is 12.7. The van der Waals surface area contributed by atoms with Crippen LogP contribution in [0, 0.1) is 5.41 Å². The van der Waals surface area contributed by atoms with E-state index in [1.54, 1.807) is 0 Å². The van der Waals surface area contributed by atoms with Crippen molar-refractivity contribution in [3.8, 4) is 0 Å². The molecule has 18 heavy (non-hydrogen) atoms. The fourth-order valence-electron chi connectivity index (χ4n) is 1.21. The average Bonchev–Trinajstić information content (AvgIpc) is 2.24. The van der Waals surface area contributed by atoms with Crippen LogP contribution in [0.15, 0.2) is 0 Å². The third kappa shape index (κ3) is 5.48. The maximum atomic E-state index is 12.0. The van der Waals surface area contributed by atoms with E-state index < -0.39 is 29.8 Å². The number of nitrogens with zero attached hydrogens (tertiary/aromatic N) is 1. The largest absolute Gasteiger partial charge is 0.468 e. The number of hydrogen-bond acceptors (Lipinski definition) is 4. The van der Waals surface area contributed by atoms with Gasteiger partial charge in [0.2, 0.25) is 0 Å². The highest BCUT2D eigenvalue weighted by molar-refractivity contribution is 6.03. The number of hydrogen-bond donors (Lipinski definition) is 0. The maximum absolute atomic E-state index is 12.0. The molecule has 0 aromatic heterocycles. The van der Waals surface area contributed by atoms with Crippen LogP contribution in [-0.4, -0.2) is 50.1 Å². The molecule has 0 saturated heterocycles. The summed E-state index contributed by atoms with van der Waals surface area (Å²) < 4.78 is 40.4. The Balaban J connectivity index is 4.35. The van der Waals surface area contributed by atoms with Crippen LogP contribution >= 0.6 is 0 Å². The molecule has 106 valence electrons.